The lowest BCUT2D eigenvalue weighted by Gasteiger charge is -2.49. The summed E-state index contributed by atoms with van der Waals surface area (Å²) in [5.41, 5.74) is 5.32. The number of likely N-dealkylation sites (tertiary alicyclic amines) is 1. The molecule has 4 heterocycles. The maximum Gasteiger partial charge on any atom is 0.511 e. The van der Waals surface area contributed by atoms with Gasteiger partial charge in [-0.2, -0.15) is 0 Å². The Hall–Kier alpha value is -4.06. The molecular weight excluding hydrogens is 620 g/mol. The minimum atomic E-state index is -1.36. The van der Waals surface area contributed by atoms with Crippen molar-refractivity contribution >= 4 is 64.0 Å². The highest BCUT2D eigenvalue weighted by Gasteiger charge is 2.55. The second kappa shape index (κ2) is 13.7. The van der Waals surface area contributed by atoms with Crippen molar-refractivity contribution in [3.05, 3.63) is 22.3 Å². The third-order valence-electron chi connectivity index (χ3n) is 7.44. The molecule has 0 spiro atoms. The fourth-order valence-electron chi connectivity index (χ4n) is 5.05. The molecule has 238 valence electrons. The normalized spacial score (nSPS) is 22.7. The van der Waals surface area contributed by atoms with Crippen LogP contribution in [0.5, 0.6) is 0 Å². The molecule has 3 fully saturated rings. The average molecular weight is 653 g/mol. The predicted molar refractivity (Wildman–Crippen MR) is 154 cm³/mol. The van der Waals surface area contributed by atoms with Gasteiger partial charge in [0.25, 0.3) is 11.8 Å². The summed E-state index contributed by atoms with van der Waals surface area (Å²) in [5, 5.41) is 15.8. The molecule has 4 aliphatic rings. The second-order valence-electron chi connectivity index (χ2n) is 10.4. The topological polar surface area (TPSA) is 212 Å². The molecule has 0 radical (unpaired) electrons. The summed E-state index contributed by atoms with van der Waals surface area (Å²) >= 11 is 2.26. The molecular formula is C26H32N6O10S2. The SMILES string of the molecule is CC(OC(=O)OC1CCCCC1)OC(=O)C1=C(COC(=O)N2CCC2)CS[C@H]2C(NC(=O)/C(=N\O)c3csc(N)n3)C(=O)N12. The molecule has 1 saturated carbocycles. The van der Waals surface area contributed by atoms with Crippen LogP contribution in [0.4, 0.5) is 14.7 Å². The van der Waals surface area contributed by atoms with Crippen LogP contribution in [-0.2, 0) is 33.3 Å². The highest BCUT2D eigenvalue weighted by Crippen LogP contribution is 2.41. The number of thioether (sulfide) groups is 1. The molecule has 2 unspecified atom stereocenters. The van der Waals surface area contributed by atoms with Gasteiger partial charge in [0.15, 0.2) is 10.8 Å². The smallest absolute Gasteiger partial charge is 0.445 e. The maximum absolute atomic E-state index is 13.4. The van der Waals surface area contributed by atoms with E-state index in [1.165, 1.54) is 29.0 Å². The number of nitrogen functional groups attached to an aromatic ring is 1. The van der Waals surface area contributed by atoms with E-state index in [0.717, 1.165) is 54.8 Å². The number of hydrogen-bond donors (Lipinski definition) is 3. The second-order valence-corrected chi connectivity index (χ2v) is 12.4. The number of β-lactam (4-membered cyclic amide) rings is 1. The van der Waals surface area contributed by atoms with E-state index in [-0.39, 0.29) is 35.0 Å². The van der Waals surface area contributed by atoms with Gasteiger partial charge in [0, 0.05) is 36.7 Å². The lowest BCUT2D eigenvalue weighted by molar-refractivity contribution is -0.170. The number of nitrogens with zero attached hydrogens (tertiary/aromatic N) is 4. The summed E-state index contributed by atoms with van der Waals surface area (Å²) in [4.78, 5) is 70.8. The van der Waals surface area contributed by atoms with E-state index in [4.69, 9.17) is 24.7 Å². The van der Waals surface area contributed by atoms with Crippen LogP contribution in [0.2, 0.25) is 0 Å². The van der Waals surface area contributed by atoms with Gasteiger partial charge in [0.2, 0.25) is 6.29 Å². The number of ether oxygens (including phenoxy) is 4. The summed E-state index contributed by atoms with van der Waals surface area (Å²) < 4.78 is 21.2. The van der Waals surface area contributed by atoms with Gasteiger partial charge in [0.1, 0.15) is 35.5 Å². The molecule has 3 amide bonds. The lowest BCUT2D eigenvalue weighted by Crippen LogP contribution is -2.71. The minimum Gasteiger partial charge on any atom is -0.445 e. The van der Waals surface area contributed by atoms with Crippen molar-refractivity contribution in [3.63, 3.8) is 0 Å². The number of fused-ring (bicyclic) bond motifs is 1. The first kappa shape index (κ1) is 31.4. The summed E-state index contributed by atoms with van der Waals surface area (Å²) in [7, 11) is 0. The largest absolute Gasteiger partial charge is 0.511 e. The quantitative estimate of drug-likeness (QED) is 0.0661. The number of carbonyl (C=O) groups excluding carboxylic acids is 5. The fourth-order valence-corrected chi connectivity index (χ4v) is 6.93. The van der Waals surface area contributed by atoms with E-state index in [1.807, 2.05) is 0 Å². The van der Waals surface area contributed by atoms with Crippen molar-refractivity contribution in [2.45, 2.75) is 69.3 Å². The Labute approximate surface area is 259 Å². The lowest BCUT2D eigenvalue weighted by atomic mass is 9.98. The third-order valence-corrected chi connectivity index (χ3v) is 9.45. The number of carbonyl (C=O) groups is 5. The average Bonchev–Trinajstić information content (AvgIpc) is 3.39. The van der Waals surface area contributed by atoms with E-state index in [2.05, 4.69) is 15.5 Å². The van der Waals surface area contributed by atoms with Crippen molar-refractivity contribution in [3.8, 4) is 0 Å². The van der Waals surface area contributed by atoms with Crippen LogP contribution >= 0.6 is 23.1 Å². The number of hydrogen-bond acceptors (Lipinski definition) is 15. The summed E-state index contributed by atoms with van der Waals surface area (Å²) in [5.74, 6) is -2.37. The first-order valence-corrected chi connectivity index (χ1v) is 16.0. The zero-order valence-electron chi connectivity index (χ0n) is 23.8. The van der Waals surface area contributed by atoms with Crippen LogP contribution in [0.3, 0.4) is 0 Å². The Morgan fingerprint density at radius 3 is 2.57 bits per heavy atom. The highest BCUT2D eigenvalue weighted by molar-refractivity contribution is 8.00. The van der Waals surface area contributed by atoms with Gasteiger partial charge >= 0.3 is 18.2 Å². The molecule has 2 saturated heterocycles. The number of esters is 1. The number of nitrogens with two attached hydrogens (primary N) is 1. The molecule has 3 atom stereocenters. The monoisotopic (exact) mass is 652 g/mol. The van der Waals surface area contributed by atoms with Crippen LogP contribution in [0.15, 0.2) is 21.8 Å². The molecule has 0 bridgehead atoms. The molecule has 1 aliphatic carbocycles. The predicted octanol–water partition coefficient (Wildman–Crippen LogP) is 1.78. The van der Waals surface area contributed by atoms with Gasteiger partial charge in [-0.3, -0.25) is 14.5 Å². The van der Waals surface area contributed by atoms with Crippen LogP contribution in [-0.4, -0.2) is 105 Å². The van der Waals surface area contributed by atoms with Gasteiger partial charge in [-0.1, -0.05) is 11.6 Å². The molecule has 16 nitrogen and oxygen atoms in total. The van der Waals surface area contributed by atoms with Crippen molar-refractivity contribution in [2.24, 2.45) is 5.16 Å². The summed E-state index contributed by atoms with van der Waals surface area (Å²) in [6.07, 6.45) is 2.14. The van der Waals surface area contributed by atoms with Gasteiger partial charge in [0.05, 0.1) is 0 Å². The third kappa shape index (κ3) is 6.85. The Morgan fingerprint density at radius 2 is 1.93 bits per heavy atom. The van der Waals surface area contributed by atoms with Gasteiger partial charge in [-0.05, 0) is 32.1 Å². The number of amides is 3. The number of nitrogens with one attached hydrogen (secondary N) is 1. The standard InChI is InChI=1S/C26H32N6O10S2/c1-13(41-26(37)42-15-6-3-2-4-7-15)40-23(35)19-14(10-39-25(36)31-8-5-9-31)11-43-22-18(21(34)32(19)22)29-20(33)17(30-38)16-12-44-24(27)28-16/h12-13,15,18,22,38H,2-11H2,1H3,(H2,27,28)(H,29,33)/b30-17-/t13?,18?,22-/m0/s1. The van der Waals surface area contributed by atoms with Gasteiger partial charge < -0.3 is 40.1 Å². The first-order valence-electron chi connectivity index (χ1n) is 14.1. The van der Waals surface area contributed by atoms with E-state index < -0.39 is 53.4 Å². The molecule has 5 rings (SSSR count). The molecule has 1 aromatic heterocycles. The Morgan fingerprint density at radius 1 is 1.18 bits per heavy atom. The van der Waals surface area contributed by atoms with Crippen LogP contribution < -0.4 is 11.1 Å². The van der Waals surface area contributed by atoms with Crippen molar-refractivity contribution in [1.29, 1.82) is 0 Å². The molecule has 1 aromatic rings. The molecule has 44 heavy (non-hydrogen) atoms. The van der Waals surface area contributed by atoms with Crippen molar-refractivity contribution in [2.75, 3.05) is 31.2 Å². The number of anilines is 1. The first-order chi connectivity index (χ1) is 21.2. The van der Waals surface area contributed by atoms with Crippen LogP contribution in [0.25, 0.3) is 0 Å². The van der Waals surface area contributed by atoms with E-state index in [1.54, 1.807) is 0 Å². The zero-order chi connectivity index (χ0) is 31.4. The Balaban J connectivity index is 1.27. The summed E-state index contributed by atoms with van der Waals surface area (Å²) in [6.45, 7) is 2.18. The van der Waals surface area contributed by atoms with Crippen molar-refractivity contribution in [1.82, 2.24) is 20.1 Å². The molecule has 4 N–H and O–H groups in total. The molecule has 3 aliphatic heterocycles. The highest BCUT2D eigenvalue weighted by atomic mass is 32.2. The van der Waals surface area contributed by atoms with Crippen LogP contribution in [0.1, 0.15) is 51.1 Å². The number of aromatic nitrogens is 1. The van der Waals surface area contributed by atoms with E-state index in [0.29, 0.717) is 18.7 Å². The molecule has 0 aromatic carbocycles. The van der Waals surface area contributed by atoms with E-state index >= 15 is 0 Å². The van der Waals surface area contributed by atoms with E-state index in [9.17, 15) is 29.2 Å². The Bertz CT molecular complexity index is 1370. The maximum atomic E-state index is 13.4. The molecule has 18 heteroatoms. The van der Waals surface area contributed by atoms with Gasteiger partial charge in [-0.15, -0.1) is 23.1 Å². The Kier molecular flexibility index (Phi) is 9.77. The van der Waals surface area contributed by atoms with Crippen molar-refractivity contribution < 1.29 is 48.1 Å². The zero-order valence-corrected chi connectivity index (χ0v) is 25.4. The van der Waals surface area contributed by atoms with Crippen LogP contribution in [0, 0.1) is 0 Å². The summed E-state index contributed by atoms with van der Waals surface area (Å²) in [6, 6.07) is -1.09. The number of rotatable bonds is 9. The number of oxime groups is 1. The minimum absolute atomic E-state index is 0.0268. The fraction of sp³-hybridized carbons (Fsp3) is 0.577. The van der Waals surface area contributed by atoms with Gasteiger partial charge in [-0.25, -0.2) is 19.4 Å². The number of thiazole rings is 1.